The van der Waals surface area contributed by atoms with Crippen LogP contribution in [0.1, 0.15) is 16.8 Å². The smallest absolute Gasteiger partial charge is 0.338 e. The molecule has 3 aromatic carbocycles. The van der Waals surface area contributed by atoms with Crippen LogP contribution in [-0.4, -0.2) is 22.1 Å². The molecule has 0 amide bonds. The fourth-order valence-corrected chi connectivity index (χ4v) is 3.18. The molecule has 0 saturated carbocycles. The van der Waals surface area contributed by atoms with Crippen LogP contribution in [0.2, 0.25) is 0 Å². The quantitative estimate of drug-likeness (QED) is 0.367. The first-order valence-corrected chi connectivity index (χ1v) is 9.49. The van der Waals surface area contributed by atoms with E-state index in [2.05, 4.69) is 4.98 Å². The normalized spacial score (nSPS) is 10.8. The Balaban J connectivity index is 1.32. The summed E-state index contributed by atoms with van der Waals surface area (Å²) in [6.45, 7) is 0.676. The van der Waals surface area contributed by atoms with Gasteiger partial charge in [0.15, 0.2) is 0 Å². The zero-order valence-corrected chi connectivity index (χ0v) is 15.8. The molecule has 29 heavy (non-hydrogen) atoms. The number of aromatic nitrogens is 2. The van der Waals surface area contributed by atoms with Crippen molar-refractivity contribution in [1.82, 2.24) is 9.55 Å². The Morgan fingerprint density at radius 1 is 0.862 bits per heavy atom. The van der Waals surface area contributed by atoms with Crippen molar-refractivity contribution in [3.8, 4) is 11.1 Å². The zero-order chi connectivity index (χ0) is 20.1. The van der Waals surface area contributed by atoms with Gasteiger partial charge in [0, 0.05) is 6.54 Å². The SMILES string of the molecule is O=C(OCCCn1cnc2ccccc2c1=O)c1ccc(-c2ccccc2)cc1. The van der Waals surface area contributed by atoms with Gasteiger partial charge in [-0.05, 0) is 41.8 Å². The van der Waals surface area contributed by atoms with Crippen LogP contribution in [0.4, 0.5) is 0 Å². The molecule has 0 saturated heterocycles. The number of hydrogen-bond acceptors (Lipinski definition) is 4. The molecule has 1 aromatic heterocycles. The first-order chi connectivity index (χ1) is 14.2. The number of hydrogen-bond donors (Lipinski definition) is 0. The minimum Gasteiger partial charge on any atom is -0.462 e. The van der Waals surface area contributed by atoms with E-state index in [1.165, 1.54) is 6.33 Å². The third-order valence-electron chi connectivity index (χ3n) is 4.74. The lowest BCUT2D eigenvalue weighted by Crippen LogP contribution is -2.21. The van der Waals surface area contributed by atoms with Gasteiger partial charge in [0.1, 0.15) is 0 Å². The summed E-state index contributed by atoms with van der Waals surface area (Å²) in [6, 6.07) is 24.6. The summed E-state index contributed by atoms with van der Waals surface area (Å²) < 4.78 is 6.89. The van der Waals surface area contributed by atoms with Crippen LogP contribution < -0.4 is 5.56 Å². The van der Waals surface area contributed by atoms with Crippen LogP contribution in [0.15, 0.2) is 90.0 Å². The second-order valence-corrected chi connectivity index (χ2v) is 6.69. The monoisotopic (exact) mass is 384 g/mol. The maximum Gasteiger partial charge on any atom is 0.338 e. The van der Waals surface area contributed by atoms with Gasteiger partial charge in [0.2, 0.25) is 0 Å². The number of aryl methyl sites for hydroxylation is 1. The van der Waals surface area contributed by atoms with Crippen LogP contribution in [0.5, 0.6) is 0 Å². The maximum absolute atomic E-state index is 12.4. The van der Waals surface area contributed by atoms with Gasteiger partial charge in [-0.1, -0.05) is 54.6 Å². The summed E-state index contributed by atoms with van der Waals surface area (Å²) in [7, 11) is 0. The highest BCUT2D eigenvalue weighted by atomic mass is 16.5. The average Bonchev–Trinajstić information content (AvgIpc) is 2.79. The maximum atomic E-state index is 12.4. The Morgan fingerprint density at radius 2 is 1.55 bits per heavy atom. The number of para-hydroxylation sites is 1. The van der Waals surface area contributed by atoms with Crippen molar-refractivity contribution in [1.29, 1.82) is 0 Å². The van der Waals surface area contributed by atoms with Crippen molar-refractivity contribution < 1.29 is 9.53 Å². The third-order valence-corrected chi connectivity index (χ3v) is 4.74. The van der Waals surface area contributed by atoms with Gasteiger partial charge in [-0.25, -0.2) is 9.78 Å². The third kappa shape index (κ3) is 4.24. The molecule has 0 aliphatic heterocycles. The van der Waals surface area contributed by atoms with E-state index in [0.29, 0.717) is 29.4 Å². The lowest BCUT2D eigenvalue weighted by Gasteiger charge is -2.08. The van der Waals surface area contributed by atoms with E-state index in [-0.39, 0.29) is 18.1 Å². The van der Waals surface area contributed by atoms with E-state index in [1.807, 2.05) is 60.7 Å². The van der Waals surface area contributed by atoms with E-state index in [9.17, 15) is 9.59 Å². The van der Waals surface area contributed by atoms with Gasteiger partial charge in [-0.2, -0.15) is 0 Å². The van der Waals surface area contributed by atoms with Crippen molar-refractivity contribution in [2.24, 2.45) is 0 Å². The van der Waals surface area contributed by atoms with E-state index >= 15 is 0 Å². The van der Waals surface area contributed by atoms with E-state index in [4.69, 9.17) is 4.74 Å². The number of carbonyl (C=O) groups is 1. The number of fused-ring (bicyclic) bond motifs is 1. The highest BCUT2D eigenvalue weighted by Crippen LogP contribution is 2.19. The lowest BCUT2D eigenvalue weighted by molar-refractivity contribution is 0.0495. The topological polar surface area (TPSA) is 61.2 Å². The number of esters is 1. The largest absolute Gasteiger partial charge is 0.462 e. The van der Waals surface area contributed by atoms with Crippen LogP contribution in [0, 0.1) is 0 Å². The van der Waals surface area contributed by atoms with E-state index in [0.717, 1.165) is 11.1 Å². The fourth-order valence-electron chi connectivity index (χ4n) is 3.18. The molecule has 0 bridgehead atoms. The molecule has 4 rings (SSSR count). The Labute approximate surface area is 168 Å². The molecule has 0 aliphatic carbocycles. The standard InChI is InChI=1S/C24H20N2O3/c27-23-21-9-4-5-10-22(21)25-17-26(23)15-6-16-29-24(28)20-13-11-19(12-14-20)18-7-2-1-3-8-18/h1-5,7-14,17H,6,15-16H2. The molecule has 0 aliphatic rings. The molecule has 0 N–H and O–H groups in total. The van der Waals surface area contributed by atoms with Gasteiger partial charge in [0.25, 0.3) is 5.56 Å². The number of benzene rings is 3. The van der Waals surface area contributed by atoms with Crippen LogP contribution in [0.3, 0.4) is 0 Å². The fraction of sp³-hybridized carbons (Fsp3) is 0.125. The number of carbonyl (C=O) groups excluding carboxylic acids is 1. The molecule has 5 nitrogen and oxygen atoms in total. The zero-order valence-electron chi connectivity index (χ0n) is 15.8. The van der Waals surface area contributed by atoms with Gasteiger partial charge in [-0.3, -0.25) is 9.36 Å². The van der Waals surface area contributed by atoms with Crippen LogP contribution >= 0.6 is 0 Å². The second kappa shape index (κ2) is 8.52. The Kier molecular flexibility index (Phi) is 5.47. The van der Waals surface area contributed by atoms with Crippen molar-refractivity contribution >= 4 is 16.9 Å². The molecule has 0 spiro atoms. The summed E-state index contributed by atoms with van der Waals surface area (Å²) in [5.74, 6) is -0.367. The van der Waals surface area contributed by atoms with Gasteiger partial charge >= 0.3 is 5.97 Å². The molecule has 0 atom stereocenters. The molecular formula is C24H20N2O3. The Hall–Kier alpha value is -3.73. The Morgan fingerprint density at radius 3 is 2.34 bits per heavy atom. The summed E-state index contributed by atoms with van der Waals surface area (Å²) >= 11 is 0. The summed E-state index contributed by atoms with van der Waals surface area (Å²) in [6.07, 6.45) is 2.07. The molecule has 0 unspecified atom stereocenters. The molecular weight excluding hydrogens is 364 g/mol. The molecule has 0 radical (unpaired) electrons. The lowest BCUT2D eigenvalue weighted by atomic mass is 10.0. The van der Waals surface area contributed by atoms with E-state index in [1.54, 1.807) is 22.8 Å². The predicted octanol–water partition coefficient (Wildman–Crippen LogP) is 4.31. The number of ether oxygens (including phenoxy) is 1. The van der Waals surface area contributed by atoms with Crippen molar-refractivity contribution in [3.63, 3.8) is 0 Å². The minimum absolute atomic E-state index is 0.0848. The van der Waals surface area contributed by atoms with Gasteiger partial charge < -0.3 is 4.74 Å². The minimum atomic E-state index is -0.367. The molecule has 144 valence electrons. The predicted molar refractivity (Wildman–Crippen MR) is 113 cm³/mol. The van der Waals surface area contributed by atoms with E-state index < -0.39 is 0 Å². The molecule has 0 fully saturated rings. The van der Waals surface area contributed by atoms with Crippen molar-refractivity contribution in [3.05, 3.63) is 101 Å². The first-order valence-electron chi connectivity index (χ1n) is 9.49. The average molecular weight is 384 g/mol. The van der Waals surface area contributed by atoms with Gasteiger partial charge in [0.05, 0.1) is 29.4 Å². The highest BCUT2D eigenvalue weighted by molar-refractivity contribution is 5.90. The number of nitrogens with zero attached hydrogens (tertiary/aromatic N) is 2. The molecule has 1 heterocycles. The van der Waals surface area contributed by atoms with Gasteiger partial charge in [-0.15, -0.1) is 0 Å². The van der Waals surface area contributed by atoms with Crippen LogP contribution in [0.25, 0.3) is 22.0 Å². The van der Waals surface area contributed by atoms with Crippen molar-refractivity contribution in [2.75, 3.05) is 6.61 Å². The molecule has 5 heteroatoms. The summed E-state index contributed by atoms with van der Waals surface area (Å²) in [5.41, 5.74) is 3.25. The summed E-state index contributed by atoms with van der Waals surface area (Å²) in [4.78, 5) is 29.0. The van der Waals surface area contributed by atoms with Crippen LogP contribution in [-0.2, 0) is 11.3 Å². The first kappa shape index (κ1) is 18.6. The highest BCUT2D eigenvalue weighted by Gasteiger charge is 2.08. The molecule has 4 aromatic rings. The Bertz CT molecular complexity index is 1180. The number of rotatable bonds is 6. The van der Waals surface area contributed by atoms with Crippen molar-refractivity contribution in [2.45, 2.75) is 13.0 Å². The summed E-state index contributed by atoms with van der Waals surface area (Å²) in [5, 5.41) is 0.588. The second-order valence-electron chi connectivity index (χ2n) is 6.69.